The van der Waals surface area contributed by atoms with E-state index < -0.39 is 0 Å². The van der Waals surface area contributed by atoms with E-state index in [1.165, 1.54) is 0 Å². The zero-order valence-electron chi connectivity index (χ0n) is 15.2. The highest BCUT2D eigenvalue weighted by atomic mass is 16.2. The molecule has 6 nitrogen and oxygen atoms in total. The highest BCUT2D eigenvalue weighted by molar-refractivity contribution is 5.97. The Kier molecular flexibility index (Phi) is 5.51. The van der Waals surface area contributed by atoms with Crippen LogP contribution in [0.4, 0.5) is 11.5 Å². The maximum absolute atomic E-state index is 12.6. The molecule has 136 valence electrons. The Hall–Kier alpha value is -2.89. The molecule has 1 fully saturated rings. The Morgan fingerprint density at radius 2 is 1.92 bits per heavy atom. The van der Waals surface area contributed by atoms with Gasteiger partial charge in [-0.3, -0.25) is 9.59 Å². The summed E-state index contributed by atoms with van der Waals surface area (Å²) in [5, 5.41) is 5.53. The van der Waals surface area contributed by atoms with Crippen LogP contribution in [0.2, 0.25) is 0 Å². The van der Waals surface area contributed by atoms with E-state index in [-0.39, 0.29) is 17.7 Å². The highest BCUT2D eigenvalue weighted by Crippen LogP contribution is 2.23. The zero-order chi connectivity index (χ0) is 18.5. The number of nitrogens with zero attached hydrogens (tertiary/aromatic N) is 2. The van der Waals surface area contributed by atoms with Gasteiger partial charge in [-0.05, 0) is 49.6 Å². The summed E-state index contributed by atoms with van der Waals surface area (Å²) in [5.41, 5.74) is 2.33. The van der Waals surface area contributed by atoms with Crippen LogP contribution in [0.3, 0.4) is 0 Å². The summed E-state index contributed by atoms with van der Waals surface area (Å²) in [7, 11) is 1.59. The Bertz CT molecular complexity index is 781. The van der Waals surface area contributed by atoms with Crippen LogP contribution in [-0.4, -0.2) is 36.9 Å². The molecule has 3 rings (SSSR count). The molecule has 1 aliphatic heterocycles. The number of carbonyl (C=O) groups excluding carboxylic acids is 2. The summed E-state index contributed by atoms with van der Waals surface area (Å²) in [5.74, 6) is 0.781. The van der Waals surface area contributed by atoms with Crippen LogP contribution in [0.1, 0.15) is 28.8 Å². The van der Waals surface area contributed by atoms with E-state index in [9.17, 15) is 9.59 Å². The largest absolute Gasteiger partial charge is 0.357 e. The van der Waals surface area contributed by atoms with Crippen molar-refractivity contribution >= 4 is 23.3 Å². The minimum atomic E-state index is -0.167. The van der Waals surface area contributed by atoms with Gasteiger partial charge in [0, 0.05) is 43.5 Å². The van der Waals surface area contributed by atoms with Crippen molar-refractivity contribution in [1.29, 1.82) is 0 Å². The predicted octanol–water partition coefficient (Wildman–Crippen LogP) is 2.60. The van der Waals surface area contributed by atoms with Gasteiger partial charge in [-0.2, -0.15) is 0 Å². The number of aromatic nitrogens is 1. The lowest BCUT2D eigenvalue weighted by Crippen LogP contribution is -2.38. The van der Waals surface area contributed by atoms with Crippen LogP contribution in [-0.2, 0) is 4.79 Å². The van der Waals surface area contributed by atoms with Crippen LogP contribution >= 0.6 is 0 Å². The molecule has 6 heteroatoms. The molecule has 2 aromatic rings. The lowest BCUT2D eigenvalue weighted by Gasteiger charge is -2.32. The van der Waals surface area contributed by atoms with Crippen molar-refractivity contribution in [3.8, 4) is 0 Å². The molecule has 0 spiro atoms. The van der Waals surface area contributed by atoms with Crippen molar-refractivity contribution in [2.45, 2.75) is 19.8 Å². The average molecular weight is 352 g/mol. The molecule has 0 aliphatic carbocycles. The molecule has 26 heavy (non-hydrogen) atoms. The third-order valence-corrected chi connectivity index (χ3v) is 4.70. The number of hydrogen-bond acceptors (Lipinski definition) is 4. The third kappa shape index (κ3) is 4.20. The molecule has 0 atom stereocenters. The van der Waals surface area contributed by atoms with Gasteiger partial charge >= 0.3 is 0 Å². The van der Waals surface area contributed by atoms with Crippen molar-refractivity contribution in [1.82, 2.24) is 10.3 Å². The fourth-order valence-corrected chi connectivity index (χ4v) is 3.14. The Morgan fingerprint density at radius 1 is 1.15 bits per heavy atom. The van der Waals surface area contributed by atoms with E-state index >= 15 is 0 Å². The van der Waals surface area contributed by atoms with E-state index in [4.69, 9.17) is 0 Å². The predicted molar refractivity (Wildman–Crippen MR) is 102 cm³/mol. The average Bonchev–Trinajstić information content (AvgIpc) is 2.68. The molecule has 0 radical (unpaired) electrons. The quantitative estimate of drug-likeness (QED) is 0.887. The second-order valence-corrected chi connectivity index (χ2v) is 6.60. The Morgan fingerprint density at radius 3 is 2.58 bits per heavy atom. The summed E-state index contributed by atoms with van der Waals surface area (Å²) in [6, 6.07) is 11.1. The van der Waals surface area contributed by atoms with Crippen molar-refractivity contribution in [2.75, 3.05) is 30.4 Å². The fraction of sp³-hybridized carbons (Fsp3) is 0.350. The van der Waals surface area contributed by atoms with Gasteiger partial charge in [0.25, 0.3) is 5.91 Å². The van der Waals surface area contributed by atoms with Crippen molar-refractivity contribution < 1.29 is 9.59 Å². The number of aryl methyl sites for hydroxylation is 1. The minimum Gasteiger partial charge on any atom is -0.357 e. The number of pyridine rings is 1. The van der Waals surface area contributed by atoms with Gasteiger partial charge in [-0.25, -0.2) is 4.98 Å². The number of anilines is 2. The fourth-order valence-electron chi connectivity index (χ4n) is 3.14. The number of benzene rings is 1. The maximum atomic E-state index is 12.6. The summed E-state index contributed by atoms with van der Waals surface area (Å²) in [6.45, 7) is 3.64. The van der Waals surface area contributed by atoms with Crippen molar-refractivity contribution in [2.24, 2.45) is 5.92 Å². The first kappa shape index (κ1) is 17.9. The normalized spacial score (nSPS) is 14.8. The van der Waals surface area contributed by atoms with Gasteiger partial charge in [-0.15, -0.1) is 0 Å². The third-order valence-electron chi connectivity index (χ3n) is 4.70. The topological polar surface area (TPSA) is 74.3 Å². The van der Waals surface area contributed by atoms with Gasteiger partial charge < -0.3 is 15.5 Å². The molecule has 1 aliphatic rings. The molecule has 1 aromatic carbocycles. The Labute approximate surface area is 153 Å². The van der Waals surface area contributed by atoms with E-state index in [0.717, 1.165) is 37.3 Å². The number of hydrogen-bond donors (Lipinski definition) is 2. The number of amides is 2. The first-order valence-corrected chi connectivity index (χ1v) is 8.87. The van der Waals surface area contributed by atoms with Crippen LogP contribution in [0, 0.1) is 12.8 Å². The molecule has 2 N–H and O–H groups in total. The Balaban J connectivity index is 1.57. The summed E-state index contributed by atoms with van der Waals surface area (Å²) >= 11 is 0. The van der Waals surface area contributed by atoms with Gasteiger partial charge in [0.05, 0.1) is 0 Å². The standard InChI is InChI=1S/C20H24N4O2/c1-14-6-7-18(22-13-14)24-10-8-15(9-11-24)20(26)23-17-5-3-4-16(12-17)19(25)21-2/h3-7,12-13,15H,8-11H2,1-2H3,(H,21,25)(H,23,26). The molecule has 1 saturated heterocycles. The van der Waals surface area contributed by atoms with Crippen LogP contribution in [0.25, 0.3) is 0 Å². The number of nitrogens with one attached hydrogen (secondary N) is 2. The molecule has 2 amide bonds. The molecule has 0 unspecified atom stereocenters. The number of rotatable bonds is 4. The lowest BCUT2D eigenvalue weighted by atomic mass is 9.95. The van der Waals surface area contributed by atoms with Gasteiger partial charge in [0.1, 0.15) is 5.82 Å². The van der Waals surface area contributed by atoms with E-state index in [1.54, 1.807) is 31.3 Å². The van der Waals surface area contributed by atoms with E-state index in [1.807, 2.05) is 19.2 Å². The van der Waals surface area contributed by atoms with E-state index in [0.29, 0.717) is 11.3 Å². The summed E-state index contributed by atoms with van der Waals surface area (Å²) in [4.78, 5) is 30.9. The molecule has 2 heterocycles. The van der Waals surface area contributed by atoms with Crippen LogP contribution < -0.4 is 15.5 Å². The first-order chi connectivity index (χ1) is 12.6. The monoisotopic (exact) mass is 352 g/mol. The highest BCUT2D eigenvalue weighted by Gasteiger charge is 2.25. The molecule has 0 bridgehead atoms. The molecule has 0 saturated carbocycles. The van der Waals surface area contributed by atoms with Gasteiger partial charge in [0.2, 0.25) is 5.91 Å². The first-order valence-electron chi connectivity index (χ1n) is 8.87. The van der Waals surface area contributed by atoms with Crippen LogP contribution in [0.15, 0.2) is 42.6 Å². The number of carbonyl (C=O) groups is 2. The maximum Gasteiger partial charge on any atom is 0.251 e. The minimum absolute atomic E-state index is 0.00979. The lowest BCUT2D eigenvalue weighted by molar-refractivity contribution is -0.120. The molecular weight excluding hydrogens is 328 g/mol. The summed E-state index contributed by atoms with van der Waals surface area (Å²) in [6.07, 6.45) is 3.45. The van der Waals surface area contributed by atoms with Crippen molar-refractivity contribution in [3.05, 3.63) is 53.7 Å². The smallest absolute Gasteiger partial charge is 0.251 e. The van der Waals surface area contributed by atoms with Crippen molar-refractivity contribution in [3.63, 3.8) is 0 Å². The van der Waals surface area contributed by atoms with Gasteiger partial charge in [-0.1, -0.05) is 12.1 Å². The second-order valence-electron chi connectivity index (χ2n) is 6.60. The van der Waals surface area contributed by atoms with Crippen LogP contribution in [0.5, 0.6) is 0 Å². The van der Waals surface area contributed by atoms with E-state index in [2.05, 4.69) is 26.6 Å². The zero-order valence-corrected chi connectivity index (χ0v) is 15.2. The SMILES string of the molecule is CNC(=O)c1cccc(NC(=O)C2CCN(c3ccc(C)cn3)CC2)c1. The second kappa shape index (κ2) is 7.99. The van der Waals surface area contributed by atoms with Gasteiger partial charge in [0.15, 0.2) is 0 Å². The summed E-state index contributed by atoms with van der Waals surface area (Å²) < 4.78 is 0. The molecule has 1 aromatic heterocycles. The molecular formula is C20H24N4O2. The number of piperidine rings is 1.